The van der Waals surface area contributed by atoms with Crippen LogP contribution in [0.5, 0.6) is 0 Å². The van der Waals surface area contributed by atoms with E-state index in [1.807, 2.05) is 0 Å². The van der Waals surface area contributed by atoms with Crippen molar-refractivity contribution in [3.63, 3.8) is 0 Å². The van der Waals surface area contributed by atoms with Crippen molar-refractivity contribution in [2.75, 3.05) is 43.6 Å². The molecule has 6 aromatic rings. The van der Waals surface area contributed by atoms with E-state index in [0.717, 1.165) is 0 Å². The van der Waals surface area contributed by atoms with Crippen molar-refractivity contribution in [3.05, 3.63) is 38.0 Å². The summed E-state index contributed by atoms with van der Waals surface area (Å²) in [5.74, 6) is -0.753. The number of aliphatic hydroxyl groups is 2. The molecule has 0 aliphatic carbocycles. The van der Waals surface area contributed by atoms with E-state index in [0.29, 0.717) is 19.3 Å². The Kier molecular flexibility index (Phi) is 14.1. The highest BCUT2D eigenvalue weighted by atomic mass is 31.2. The van der Waals surface area contributed by atoms with E-state index < -0.39 is 103 Å². The number of fused-ring (bicyclic) bond motifs is 3. The zero-order chi connectivity index (χ0) is 48.6. The van der Waals surface area contributed by atoms with Gasteiger partial charge in [-0.15, -0.1) is 0 Å². The highest BCUT2D eigenvalue weighted by Crippen LogP contribution is 2.53. The summed E-state index contributed by atoms with van der Waals surface area (Å²) >= 11 is 0. The van der Waals surface area contributed by atoms with Gasteiger partial charge in [0.1, 0.15) is 66.1 Å². The third-order valence-corrected chi connectivity index (χ3v) is 13.5. The van der Waals surface area contributed by atoms with Crippen LogP contribution in [0.1, 0.15) is 57.2 Å². The average molecular weight is 1010 g/mol. The average Bonchev–Trinajstić information content (AvgIpc) is 4.18. The second-order valence-corrected chi connectivity index (χ2v) is 18.9. The van der Waals surface area contributed by atoms with E-state index in [-0.39, 0.29) is 76.8 Å². The van der Waals surface area contributed by atoms with Gasteiger partial charge in [-0.05, 0) is 12.8 Å². The Balaban J connectivity index is 0.894. The summed E-state index contributed by atoms with van der Waals surface area (Å²) in [4.78, 5) is 70.4. The zero-order valence-electron chi connectivity index (χ0n) is 36.0. The summed E-state index contributed by atoms with van der Waals surface area (Å²) in [6, 6.07) is 0. The molecular formula is C36H47N15O16P2. The maximum atomic E-state index is 13.9. The van der Waals surface area contributed by atoms with Gasteiger partial charge in [0.15, 0.2) is 53.1 Å². The van der Waals surface area contributed by atoms with E-state index in [2.05, 4.69) is 44.9 Å². The first-order chi connectivity index (χ1) is 33.1. The Morgan fingerprint density at radius 2 is 1.14 bits per heavy atom. The number of rotatable bonds is 21. The quantitative estimate of drug-likeness (QED) is 0.0350. The highest BCUT2D eigenvalue weighted by Gasteiger charge is 2.49. The number of nitrogens with two attached hydrogens (primary N) is 3. The molecule has 0 bridgehead atoms. The monoisotopic (exact) mass is 1010 g/mol. The first-order valence-corrected chi connectivity index (χ1v) is 24.3. The Hall–Kier alpha value is -5.50. The molecule has 6 aromatic heterocycles. The number of phosphoric ester groups is 2. The predicted molar refractivity (Wildman–Crippen MR) is 230 cm³/mol. The summed E-state index contributed by atoms with van der Waals surface area (Å²) < 4.78 is 78.3. The fraction of sp³-hybridized carbons (Fsp3) is 0.556. The lowest BCUT2D eigenvalue weighted by Crippen LogP contribution is -2.37. The Bertz CT molecular complexity index is 2890. The van der Waals surface area contributed by atoms with E-state index in [1.165, 1.54) is 51.7 Å². The minimum absolute atomic E-state index is 0.0227. The van der Waals surface area contributed by atoms with Crippen molar-refractivity contribution >= 4 is 72.6 Å². The van der Waals surface area contributed by atoms with Crippen LogP contribution in [0.2, 0.25) is 0 Å². The van der Waals surface area contributed by atoms with Gasteiger partial charge >= 0.3 is 21.6 Å². The molecule has 0 saturated carbocycles. The molecule has 69 heavy (non-hydrogen) atoms. The first kappa shape index (κ1) is 48.5. The number of nitrogen functional groups attached to an aromatic ring is 3. The van der Waals surface area contributed by atoms with Crippen molar-refractivity contribution in [1.29, 1.82) is 0 Å². The Morgan fingerprint density at radius 3 is 1.65 bits per heavy atom. The molecule has 3 fully saturated rings. The number of unbranched alkanes of at least 4 members (excludes halogenated alkanes) is 2. The number of anilines is 3. The van der Waals surface area contributed by atoms with Gasteiger partial charge in [0, 0.05) is 25.9 Å². The normalized spacial score (nSPS) is 27.9. The number of carboxylic acids is 1. The van der Waals surface area contributed by atoms with Gasteiger partial charge in [-0.1, -0.05) is 6.42 Å². The van der Waals surface area contributed by atoms with E-state index in [4.69, 9.17) is 59.3 Å². The summed E-state index contributed by atoms with van der Waals surface area (Å²) in [6.45, 7) is -1.66. The summed E-state index contributed by atoms with van der Waals surface area (Å²) in [7, 11) is -10.1. The molecule has 31 nitrogen and oxygen atoms in total. The molecule has 9 rings (SSSR count). The number of hydrogen-bond donors (Lipinski definition) is 8. The number of phosphoric acid groups is 2. The van der Waals surface area contributed by atoms with Crippen LogP contribution in [-0.2, 0) is 51.0 Å². The van der Waals surface area contributed by atoms with Crippen molar-refractivity contribution in [2.45, 2.75) is 99.9 Å². The molecule has 3 aliphatic rings. The summed E-state index contributed by atoms with van der Waals surface area (Å²) in [5, 5.41) is 30.4. The molecule has 0 amide bonds. The lowest BCUT2D eigenvalue weighted by molar-refractivity contribution is -0.137. The van der Waals surface area contributed by atoms with E-state index >= 15 is 0 Å². The van der Waals surface area contributed by atoms with Crippen LogP contribution in [0.3, 0.4) is 0 Å². The predicted octanol–water partition coefficient (Wildman–Crippen LogP) is 0.113. The SMILES string of the molecule is Nc1ncnc2c1ncn2[C@@H]1O[C@H](COP(=O)(O)O[C@@H]2C[C@@H](COP(=O)(O)O[C@@H]3C[C@@H](CO)O[C@H]3n3cnc4c(N)ncnc43)O[C@H]2n2cnc3c(N)ncnc32)[C@@H](OCCCCCC(=O)O)[C@H]1O. The molecule has 3 aliphatic heterocycles. The number of aliphatic hydroxyl groups excluding tert-OH is 2. The van der Waals surface area contributed by atoms with Crippen LogP contribution >= 0.6 is 15.6 Å². The highest BCUT2D eigenvalue weighted by molar-refractivity contribution is 7.47. The lowest BCUT2D eigenvalue weighted by Gasteiger charge is -2.24. The summed E-state index contributed by atoms with van der Waals surface area (Å²) in [6.07, 6.45) is -3.21. The van der Waals surface area contributed by atoms with Gasteiger partial charge in [-0.3, -0.25) is 36.6 Å². The standard InChI is InChI=1S/C36H47N15O16P2/c37-28-23-31(43-11-40-28)49(14-46-23)34-19(6-17(8-52)63-34)66-68(56,57)61-9-18-7-20(35(64-18)50-15-47-24-29(38)41-12-44-32(24)50)67-69(58,59)62-10-21-27(60-5-3-1-2-4-22(53)54)26(55)36(65-21)51-16-48-25-30(39)42-13-45-33(25)51/h11-21,26-27,34-36,52,55H,1-10H2,(H,53,54)(H,56,57)(H,58,59)(H2,37,40,43)(H2,38,41,44)(H2,39,42,45)/t17-,18-,19+,20+,21+,26+,27+,34+,35+,36+/m0/s1. The minimum Gasteiger partial charge on any atom is -0.481 e. The molecule has 0 radical (unpaired) electrons. The first-order valence-electron chi connectivity index (χ1n) is 21.3. The third-order valence-electron chi connectivity index (χ3n) is 11.5. The van der Waals surface area contributed by atoms with Crippen LogP contribution < -0.4 is 17.2 Å². The van der Waals surface area contributed by atoms with Crippen molar-refractivity contribution < 1.29 is 76.1 Å². The van der Waals surface area contributed by atoms with Gasteiger partial charge in [-0.25, -0.2) is 54.0 Å². The largest absolute Gasteiger partial charge is 0.481 e. The summed E-state index contributed by atoms with van der Waals surface area (Å²) in [5.41, 5.74) is 19.2. The zero-order valence-corrected chi connectivity index (χ0v) is 37.8. The van der Waals surface area contributed by atoms with Crippen LogP contribution in [0.25, 0.3) is 33.5 Å². The molecule has 2 unspecified atom stereocenters. The van der Waals surface area contributed by atoms with Gasteiger partial charge in [0.2, 0.25) is 0 Å². The van der Waals surface area contributed by atoms with Crippen LogP contribution in [0, 0.1) is 0 Å². The fourth-order valence-corrected chi connectivity index (χ4v) is 10.2. The maximum absolute atomic E-state index is 13.9. The van der Waals surface area contributed by atoms with Gasteiger partial charge in [-0.2, -0.15) is 0 Å². The number of ether oxygens (including phenoxy) is 4. The van der Waals surface area contributed by atoms with Crippen molar-refractivity contribution in [3.8, 4) is 0 Å². The molecule has 3 saturated heterocycles. The molecule has 9 heterocycles. The topological polar surface area (TPSA) is 435 Å². The van der Waals surface area contributed by atoms with Crippen LogP contribution in [0.4, 0.5) is 17.5 Å². The van der Waals surface area contributed by atoms with Gasteiger partial charge in [0.25, 0.3) is 0 Å². The van der Waals surface area contributed by atoms with Gasteiger partial charge < -0.3 is 61.3 Å². The fourth-order valence-electron chi connectivity index (χ4n) is 8.32. The number of carboxylic acid groups (broad SMARTS) is 1. The second kappa shape index (κ2) is 20.1. The van der Waals surface area contributed by atoms with E-state index in [1.54, 1.807) is 0 Å². The number of aliphatic carboxylic acids is 1. The second-order valence-electron chi connectivity index (χ2n) is 16.1. The molecule has 372 valence electrons. The van der Waals surface area contributed by atoms with Crippen molar-refractivity contribution in [2.24, 2.45) is 0 Å². The van der Waals surface area contributed by atoms with Gasteiger partial charge in [0.05, 0.1) is 51.0 Å². The van der Waals surface area contributed by atoms with E-state index in [9.17, 15) is 33.9 Å². The third kappa shape index (κ3) is 10.4. The molecule has 0 aromatic carbocycles. The number of aromatic nitrogens is 12. The molecular weight excluding hydrogens is 960 g/mol. The molecule has 11 N–H and O–H groups in total. The number of carbonyl (C=O) groups is 1. The lowest BCUT2D eigenvalue weighted by atomic mass is 10.1. The molecule has 33 heteroatoms. The Labute approximate surface area is 388 Å². The molecule has 0 spiro atoms. The maximum Gasteiger partial charge on any atom is 0.472 e. The minimum atomic E-state index is -5.11. The van der Waals surface area contributed by atoms with Crippen LogP contribution in [-0.4, -0.2) is 159 Å². The van der Waals surface area contributed by atoms with Crippen LogP contribution in [0.15, 0.2) is 38.0 Å². The number of hydrogen-bond acceptors (Lipinski definition) is 25. The smallest absolute Gasteiger partial charge is 0.472 e. The molecule has 12 atom stereocenters. The Morgan fingerprint density at radius 1 is 0.667 bits per heavy atom. The number of nitrogens with zero attached hydrogens (tertiary/aromatic N) is 12. The number of imidazole rings is 3. The van der Waals surface area contributed by atoms with Crippen molar-refractivity contribution in [1.82, 2.24) is 58.6 Å².